The molecule has 0 fully saturated rings. The predicted molar refractivity (Wildman–Crippen MR) is 61.9 cm³/mol. The number of aromatic amines is 1. The molecule has 18 heavy (non-hydrogen) atoms. The van der Waals surface area contributed by atoms with E-state index in [9.17, 15) is 14.4 Å². The van der Waals surface area contributed by atoms with Gasteiger partial charge in [-0.15, -0.1) is 0 Å². The second-order valence-electron chi connectivity index (χ2n) is 3.59. The van der Waals surface area contributed by atoms with Gasteiger partial charge in [0.25, 0.3) is 5.56 Å². The molecule has 2 heterocycles. The lowest BCUT2D eigenvalue weighted by Crippen LogP contribution is -2.35. The smallest absolute Gasteiger partial charge is 0.328 e. The number of hydrogen-bond acceptors (Lipinski definition) is 4. The SMILES string of the molecule is O=C(Cn1ccc(=O)[nH]c1=O)NCc1ccco1. The maximum atomic E-state index is 11.5. The lowest BCUT2D eigenvalue weighted by molar-refractivity contribution is -0.122. The van der Waals surface area contributed by atoms with Gasteiger partial charge in [0.05, 0.1) is 12.8 Å². The second-order valence-corrected chi connectivity index (χ2v) is 3.59. The molecule has 0 saturated carbocycles. The minimum atomic E-state index is -0.615. The van der Waals surface area contributed by atoms with Crippen molar-refractivity contribution in [1.29, 1.82) is 0 Å². The van der Waals surface area contributed by atoms with Crippen LogP contribution in [0.2, 0.25) is 0 Å². The van der Waals surface area contributed by atoms with Crippen LogP contribution in [0, 0.1) is 0 Å². The van der Waals surface area contributed by atoms with E-state index < -0.39 is 11.2 Å². The van der Waals surface area contributed by atoms with E-state index in [-0.39, 0.29) is 19.0 Å². The van der Waals surface area contributed by atoms with Crippen molar-refractivity contribution in [1.82, 2.24) is 14.9 Å². The van der Waals surface area contributed by atoms with Gasteiger partial charge >= 0.3 is 5.69 Å². The van der Waals surface area contributed by atoms with Gasteiger partial charge in [-0.1, -0.05) is 0 Å². The molecule has 1 amide bonds. The molecular weight excluding hydrogens is 238 g/mol. The zero-order valence-electron chi connectivity index (χ0n) is 9.38. The highest BCUT2D eigenvalue weighted by Gasteiger charge is 2.05. The van der Waals surface area contributed by atoms with E-state index in [4.69, 9.17) is 4.42 Å². The van der Waals surface area contributed by atoms with Gasteiger partial charge in [-0.3, -0.25) is 19.1 Å². The second kappa shape index (κ2) is 5.17. The Bertz CT molecular complexity index is 639. The van der Waals surface area contributed by atoms with E-state index in [1.54, 1.807) is 12.1 Å². The van der Waals surface area contributed by atoms with Gasteiger partial charge < -0.3 is 9.73 Å². The molecule has 0 bridgehead atoms. The van der Waals surface area contributed by atoms with Gasteiger partial charge in [0.2, 0.25) is 5.91 Å². The van der Waals surface area contributed by atoms with E-state index in [0.29, 0.717) is 5.76 Å². The first kappa shape index (κ1) is 11.9. The highest BCUT2D eigenvalue weighted by molar-refractivity contribution is 5.75. The molecule has 94 valence electrons. The Morgan fingerprint density at radius 3 is 2.89 bits per heavy atom. The predicted octanol–water partition coefficient (Wildman–Crippen LogP) is -0.554. The van der Waals surface area contributed by atoms with Crippen LogP contribution in [0.3, 0.4) is 0 Å². The average molecular weight is 249 g/mol. The van der Waals surface area contributed by atoms with Crippen molar-refractivity contribution in [2.24, 2.45) is 0 Å². The van der Waals surface area contributed by atoms with Crippen molar-refractivity contribution < 1.29 is 9.21 Å². The number of aromatic nitrogens is 2. The summed E-state index contributed by atoms with van der Waals surface area (Å²) in [5, 5.41) is 2.59. The molecule has 0 aliphatic carbocycles. The van der Waals surface area contributed by atoms with Crippen LogP contribution in [0.15, 0.2) is 44.7 Å². The maximum absolute atomic E-state index is 11.5. The van der Waals surface area contributed by atoms with Gasteiger partial charge in [0, 0.05) is 12.3 Å². The van der Waals surface area contributed by atoms with Gasteiger partial charge in [-0.2, -0.15) is 0 Å². The standard InChI is InChI=1S/C11H11N3O4/c15-9-3-4-14(11(17)13-9)7-10(16)12-6-8-2-1-5-18-8/h1-5H,6-7H2,(H,12,16)(H,13,15,17). The largest absolute Gasteiger partial charge is 0.467 e. The fourth-order valence-corrected chi connectivity index (χ4v) is 1.38. The van der Waals surface area contributed by atoms with Crippen molar-refractivity contribution in [3.8, 4) is 0 Å². The Morgan fingerprint density at radius 2 is 2.22 bits per heavy atom. The van der Waals surface area contributed by atoms with Gasteiger partial charge in [-0.05, 0) is 12.1 Å². The van der Waals surface area contributed by atoms with Crippen molar-refractivity contribution in [2.75, 3.05) is 0 Å². The van der Waals surface area contributed by atoms with E-state index in [0.717, 1.165) is 4.57 Å². The normalized spacial score (nSPS) is 10.2. The fourth-order valence-electron chi connectivity index (χ4n) is 1.38. The minimum absolute atomic E-state index is 0.156. The van der Waals surface area contributed by atoms with Crippen LogP contribution in [-0.2, 0) is 17.9 Å². The topological polar surface area (TPSA) is 97.1 Å². The van der Waals surface area contributed by atoms with Gasteiger partial charge in [0.15, 0.2) is 0 Å². The molecule has 0 unspecified atom stereocenters. The number of furan rings is 1. The molecule has 0 aliphatic rings. The zero-order chi connectivity index (χ0) is 13.0. The first-order chi connectivity index (χ1) is 8.65. The van der Waals surface area contributed by atoms with Crippen LogP contribution < -0.4 is 16.6 Å². The molecule has 0 atom stereocenters. The molecular formula is C11H11N3O4. The summed E-state index contributed by atoms with van der Waals surface area (Å²) in [6.07, 6.45) is 2.78. The number of amides is 1. The first-order valence-electron chi connectivity index (χ1n) is 5.24. The first-order valence-corrected chi connectivity index (χ1v) is 5.24. The van der Waals surface area contributed by atoms with Crippen molar-refractivity contribution in [3.05, 3.63) is 57.3 Å². The zero-order valence-corrected chi connectivity index (χ0v) is 9.38. The number of nitrogens with zero attached hydrogens (tertiary/aromatic N) is 1. The molecule has 2 aromatic rings. The summed E-state index contributed by atoms with van der Waals surface area (Å²) < 4.78 is 6.15. The monoisotopic (exact) mass is 249 g/mol. The van der Waals surface area contributed by atoms with Crippen LogP contribution >= 0.6 is 0 Å². The third kappa shape index (κ3) is 2.97. The molecule has 2 rings (SSSR count). The van der Waals surface area contributed by atoms with Crippen molar-refractivity contribution >= 4 is 5.91 Å². The Kier molecular flexibility index (Phi) is 3.42. The van der Waals surface area contributed by atoms with Crippen LogP contribution in [0.1, 0.15) is 5.76 Å². The van der Waals surface area contributed by atoms with Gasteiger partial charge in [0.1, 0.15) is 12.3 Å². The Labute approximate surface area is 101 Å². The Balaban J connectivity index is 1.95. The lowest BCUT2D eigenvalue weighted by atomic mass is 10.4. The summed E-state index contributed by atoms with van der Waals surface area (Å²) >= 11 is 0. The number of rotatable bonds is 4. The van der Waals surface area contributed by atoms with Crippen LogP contribution in [0.25, 0.3) is 0 Å². The number of carbonyl (C=O) groups is 1. The highest BCUT2D eigenvalue weighted by atomic mass is 16.3. The molecule has 7 nitrogen and oxygen atoms in total. The van der Waals surface area contributed by atoms with E-state index >= 15 is 0 Å². The molecule has 7 heteroatoms. The Hall–Kier alpha value is -2.57. The molecule has 2 N–H and O–H groups in total. The molecule has 2 aromatic heterocycles. The highest BCUT2D eigenvalue weighted by Crippen LogP contribution is 1.98. The number of carbonyl (C=O) groups excluding carboxylic acids is 1. The summed E-state index contributed by atoms with van der Waals surface area (Å²) in [6.45, 7) is 0.0975. The molecule has 0 spiro atoms. The molecule has 0 aromatic carbocycles. The number of nitrogens with one attached hydrogen (secondary N) is 2. The number of hydrogen-bond donors (Lipinski definition) is 2. The maximum Gasteiger partial charge on any atom is 0.328 e. The van der Waals surface area contributed by atoms with E-state index in [1.807, 2.05) is 0 Å². The van der Waals surface area contributed by atoms with Crippen LogP contribution in [-0.4, -0.2) is 15.5 Å². The molecule has 0 radical (unpaired) electrons. The van der Waals surface area contributed by atoms with Crippen LogP contribution in [0.5, 0.6) is 0 Å². The third-order valence-corrected chi connectivity index (χ3v) is 2.25. The Morgan fingerprint density at radius 1 is 1.39 bits per heavy atom. The fraction of sp³-hybridized carbons (Fsp3) is 0.182. The number of H-pyrrole nitrogens is 1. The summed E-state index contributed by atoms with van der Waals surface area (Å²) in [4.78, 5) is 35.8. The van der Waals surface area contributed by atoms with Crippen LogP contribution in [0.4, 0.5) is 0 Å². The quantitative estimate of drug-likeness (QED) is 0.759. The van der Waals surface area contributed by atoms with E-state index in [1.165, 1.54) is 18.5 Å². The summed E-state index contributed by atoms with van der Waals surface area (Å²) in [5.41, 5.74) is -1.11. The van der Waals surface area contributed by atoms with Gasteiger partial charge in [-0.25, -0.2) is 4.79 Å². The van der Waals surface area contributed by atoms with Crippen molar-refractivity contribution in [2.45, 2.75) is 13.1 Å². The minimum Gasteiger partial charge on any atom is -0.467 e. The summed E-state index contributed by atoms with van der Waals surface area (Å²) in [6, 6.07) is 4.63. The van der Waals surface area contributed by atoms with E-state index in [2.05, 4.69) is 10.3 Å². The summed E-state index contributed by atoms with van der Waals surface area (Å²) in [5.74, 6) is 0.276. The average Bonchev–Trinajstić information content (AvgIpc) is 2.83. The molecule has 0 saturated heterocycles. The lowest BCUT2D eigenvalue weighted by Gasteiger charge is -2.05. The third-order valence-electron chi connectivity index (χ3n) is 2.25. The molecule has 0 aliphatic heterocycles. The van der Waals surface area contributed by atoms with Crippen molar-refractivity contribution in [3.63, 3.8) is 0 Å². The summed E-state index contributed by atoms with van der Waals surface area (Å²) in [7, 11) is 0.